The van der Waals surface area contributed by atoms with Crippen molar-refractivity contribution < 1.29 is 5.21 Å². The van der Waals surface area contributed by atoms with E-state index in [1.54, 1.807) is 0 Å². The van der Waals surface area contributed by atoms with E-state index in [9.17, 15) is 0 Å². The molecule has 2 rings (SSSR count). The van der Waals surface area contributed by atoms with E-state index in [2.05, 4.69) is 11.2 Å². The van der Waals surface area contributed by atoms with Gasteiger partial charge in [-0.25, -0.2) is 0 Å². The van der Waals surface area contributed by atoms with E-state index in [0.29, 0.717) is 0 Å². The molecule has 1 N–H and O–H groups in total. The highest BCUT2D eigenvalue weighted by atomic mass is 32.2. The maximum Gasteiger partial charge on any atom is 0.0879 e. The second-order valence-electron chi connectivity index (χ2n) is 2.99. The lowest BCUT2D eigenvalue weighted by Gasteiger charge is -2.03. The Morgan fingerprint density at radius 2 is 2.15 bits per heavy atom. The third-order valence-electron chi connectivity index (χ3n) is 2.13. The van der Waals surface area contributed by atoms with E-state index < -0.39 is 0 Å². The van der Waals surface area contributed by atoms with Crippen LogP contribution in [0.15, 0.2) is 34.3 Å². The van der Waals surface area contributed by atoms with Crippen molar-refractivity contribution in [2.75, 3.05) is 5.75 Å². The molecule has 0 aromatic heterocycles. The Kier molecular flexibility index (Phi) is 2.54. The molecule has 0 bridgehead atoms. The topological polar surface area (TPSA) is 32.6 Å². The molecule has 2 nitrogen and oxygen atoms in total. The van der Waals surface area contributed by atoms with Crippen LogP contribution < -0.4 is 0 Å². The minimum atomic E-state index is 0.820. The van der Waals surface area contributed by atoms with Crippen LogP contribution in [0.25, 0.3) is 0 Å². The Morgan fingerprint density at radius 3 is 3.00 bits per heavy atom. The molecule has 0 unspecified atom stereocenters. The third-order valence-corrected chi connectivity index (χ3v) is 3.29. The Balaban J connectivity index is 2.48. The van der Waals surface area contributed by atoms with Crippen LogP contribution in [0.1, 0.15) is 18.4 Å². The van der Waals surface area contributed by atoms with Gasteiger partial charge in [0.15, 0.2) is 0 Å². The van der Waals surface area contributed by atoms with Crippen molar-refractivity contribution in [1.29, 1.82) is 0 Å². The number of nitrogens with zero attached hydrogens (tertiary/aromatic N) is 1. The molecular weight excluding hydrogens is 182 g/mol. The summed E-state index contributed by atoms with van der Waals surface area (Å²) >= 11 is 1.84. The van der Waals surface area contributed by atoms with Crippen molar-refractivity contribution >= 4 is 17.5 Å². The Bertz CT molecular complexity index is 335. The van der Waals surface area contributed by atoms with Crippen molar-refractivity contribution in [3.05, 3.63) is 29.8 Å². The summed E-state index contributed by atoms with van der Waals surface area (Å²) in [6, 6.07) is 8.10. The standard InChI is InChI=1S/C10H11NOS/c12-11-9-5-3-7-13-10-6-2-1-4-8(9)10/h1-2,4,6,12H,3,5,7H2/b11-9+. The van der Waals surface area contributed by atoms with Gasteiger partial charge in [0.2, 0.25) is 0 Å². The van der Waals surface area contributed by atoms with Gasteiger partial charge >= 0.3 is 0 Å². The van der Waals surface area contributed by atoms with Crippen LogP contribution >= 0.6 is 11.8 Å². The van der Waals surface area contributed by atoms with Crippen molar-refractivity contribution in [1.82, 2.24) is 0 Å². The summed E-state index contributed by atoms with van der Waals surface area (Å²) in [5.41, 5.74) is 1.91. The zero-order valence-corrected chi connectivity index (χ0v) is 8.05. The molecular formula is C10H11NOS. The lowest BCUT2D eigenvalue weighted by molar-refractivity contribution is 0.318. The van der Waals surface area contributed by atoms with Crippen molar-refractivity contribution in [2.24, 2.45) is 5.16 Å². The fourth-order valence-electron chi connectivity index (χ4n) is 1.49. The molecule has 1 aliphatic rings. The van der Waals surface area contributed by atoms with Crippen molar-refractivity contribution in [3.63, 3.8) is 0 Å². The summed E-state index contributed by atoms with van der Waals surface area (Å²) in [4.78, 5) is 1.23. The van der Waals surface area contributed by atoms with Gasteiger partial charge < -0.3 is 5.21 Å². The summed E-state index contributed by atoms with van der Waals surface area (Å²) < 4.78 is 0. The highest BCUT2D eigenvalue weighted by Gasteiger charge is 2.13. The first-order chi connectivity index (χ1) is 6.42. The van der Waals surface area contributed by atoms with E-state index in [0.717, 1.165) is 29.9 Å². The number of benzene rings is 1. The Morgan fingerprint density at radius 1 is 1.31 bits per heavy atom. The lowest BCUT2D eigenvalue weighted by atomic mass is 10.1. The minimum absolute atomic E-state index is 0.820. The third kappa shape index (κ3) is 1.70. The van der Waals surface area contributed by atoms with Gasteiger partial charge in [-0.1, -0.05) is 23.4 Å². The zero-order valence-electron chi connectivity index (χ0n) is 7.23. The van der Waals surface area contributed by atoms with Crippen LogP contribution in [0.2, 0.25) is 0 Å². The molecule has 68 valence electrons. The van der Waals surface area contributed by atoms with Crippen LogP contribution in [-0.2, 0) is 0 Å². The minimum Gasteiger partial charge on any atom is -0.411 e. The fourth-order valence-corrected chi connectivity index (χ4v) is 2.52. The average molecular weight is 193 g/mol. The SMILES string of the molecule is O/N=C1\CCCSc2ccccc21. The summed E-state index contributed by atoms with van der Waals surface area (Å²) in [6.07, 6.45) is 1.96. The van der Waals surface area contributed by atoms with E-state index in [4.69, 9.17) is 5.21 Å². The molecule has 0 aliphatic carbocycles. The van der Waals surface area contributed by atoms with Gasteiger partial charge in [0.1, 0.15) is 0 Å². The quantitative estimate of drug-likeness (QED) is 0.507. The molecule has 13 heavy (non-hydrogen) atoms. The number of fused-ring (bicyclic) bond motifs is 1. The molecule has 0 fully saturated rings. The molecule has 0 radical (unpaired) electrons. The predicted octanol–water partition coefficient (Wildman–Crippen LogP) is 2.75. The van der Waals surface area contributed by atoms with E-state index in [-0.39, 0.29) is 0 Å². The molecule has 3 heteroatoms. The molecule has 1 heterocycles. The largest absolute Gasteiger partial charge is 0.411 e. The van der Waals surface area contributed by atoms with Crippen LogP contribution in [-0.4, -0.2) is 16.7 Å². The molecule has 0 amide bonds. The van der Waals surface area contributed by atoms with Crippen LogP contribution in [0.4, 0.5) is 0 Å². The van der Waals surface area contributed by atoms with E-state index in [1.807, 2.05) is 30.0 Å². The lowest BCUT2D eigenvalue weighted by Crippen LogP contribution is -2.00. The zero-order chi connectivity index (χ0) is 9.10. The second kappa shape index (κ2) is 3.83. The number of rotatable bonds is 0. The first-order valence-corrected chi connectivity index (χ1v) is 5.33. The summed E-state index contributed by atoms with van der Waals surface area (Å²) in [6.45, 7) is 0. The van der Waals surface area contributed by atoms with Crippen LogP contribution in [0, 0.1) is 0 Å². The molecule has 0 spiro atoms. The van der Waals surface area contributed by atoms with Crippen LogP contribution in [0.3, 0.4) is 0 Å². The van der Waals surface area contributed by atoms with E-state index >= 15 is 0 Å². The maximum absolute atomic E-state index is 8.84. The summed E-state index contributed by atoms with van der Waals surface area (Å²) in [5.74, 6) is 1.11. The molecule has 1 aromatic carbocycles. The highest BCUT2D eigenvalue weighted by molar-refractivity contribution is 7.99. The Labute approximate surface area is 81.7 Å². The molecule has 1 aromatic rings. The smallest absolute Gasteiger partial charge is 0.0879 e. The fraction of sp³-hybridized carbons (Fsp3) is 0.300. The molecule has 0 saturated heterocycles. The van der Waals surface area contributed by atoms with Gasteiger partial charge in [0, 0.05) is 10.5 Å². The molecule has 0 atom stereocenters. The molecule has 1 aliphatic heterocycles. The van der Waals surface area contributed by atoms with Crippen LogP contribution in [0.5, 0.6) is 0 Å². The Hall–Kier alpha value is -0.960. The number of oxime groups is 1. The van der Waals surface area contributed by atoms with Gasteiger partial charge in [-0.2, -0.15) is 0 Å². The molecule has 0 saturated carbocycles. The first kappa shape index (κ1) is 8.63. The number of hydrogen-bond donors (Lipinski definition) is 1. The first-order valence-electron chi connectivity index (χ1n) is 4.35. The summed E-state index contributed by atoms with van der Waals surface area (Å²) in [7, 11) is 0. The van der Waals surface area contributed by atoms with E-state index in [1.165, 1.54) is 4.90 Å². The second-order valence-corrected chi connectivity index (χ2v) is 4.13. The van der Waals surface area contributed by atoms with Gasteiger partial charge in [-0.3, -0.25) is 0 Å². The average Bonchev–Trinajstić information content (AvgIpc) is 2.39. The predicted molar refractivity (Wildman–Crippen MR) is 54.7 cm³/mol. The summed E-state index contributed by atoms with van der Waals surface area (Å²) in [5, 5.41) is 12.2. The highest BCUT2D eigenvalue weighted by Crippen LogP contribution is 2.28. The van der Waals surface area contributed by atoms with Gasteiger partial charge in [0.05, 0.1) is 5.71 Å². The monoisotopic (exact) mass is 193 g/mol. The van der Waals surface area contributed by atoms with Gasteiger partial charge in [0.25, 0.3) is 0 Å². The maximum atomic E-state index is 8.84. The normalized spacial score (nSPS) is 19.5. The van der Waals surface area contributed by atoms with Gasteiger partial charge in [-0.05, 0) is 24.7 Å². The van der Waals surface area contributed by atoms with Crippen molar-refractivity contribution in [3.8, 4) is 0 Å². The number of hydrogen-bond acceptors (Lipinski definition) is 3. The van der Waals surface area contributed by atoms with Crippen molar-refractivity contribution in [2.45, 2.75) is 17.7 Å². The van der Waals surface area contributed by atoms with Gasteiger partial charge in [-0.15, -0.1) is 11.8 Å². The number of thioether (sulfide) groups is 1.